The van der Waals surface area contributed by atoms with E-state index in [0.29, 0.717) is 12.4 Å². The van der Waals surface area contributed by atoms with Gasteiger partial charge in [0, 0.05) is 18.1 Å². The van der Waals surface area contributed by atoms with Gasteiger partial charge in [0.15, 0.2) is 0 Å². The molecular weight excluding hydrogens is 480 g/mol. The van der Waals surface area contributed by atoms with E-state index in [1.54, 1.807) is 11.8 Å². The Morgan fingerprint density at radius 1 is 1.09 bits per heavy atom. The van der Waals surface area contributed by atoms with Crippen LogP contribution in [0.25, 0.3) is 11.0 Å². The number of fused-ring (bicyclic) bond motifs is 1. The summed E-state index contributed by atoms with van der Waals surface area (Å²) in [6.07, 6.45) is 1.81. The number of ether oxygens (including phenoxy) is 1. The molecule has 7 nitrogen and oxygen atoms in total. The van der Waals surface area contributed by atoms with Crippen molar-refractivity contribution in [2.24, 2.45) is 7.05 Å². The number of nitrogens with zero attached hydrogens (tertiary/aromatic N) is 3. The molecule has 3 heterocycles. The minimum atomic E-state index is -0.231. The molecule has 1 aliphatic rings. The topological polar surface area (TPSA) is 86.1 Å². The van der Waals surface area contributed by atoms with Crippen molar-refractivity contribution in [3.05, 3.63) is 78.2 Å². The number of rotatable bonds is 5. The molecule has 4 aromatic rings. The minimum Gasteiger partial charge on any atom is -0.486 e. The van der Waals surface area contributed by atoms with Crippen LogP contribution >= 0.6 is 23.5 Å². The van der Waals surface area contributed by atoms with Crippen LogP contribution in [0, 0.1) is 6.92 Å². The average Bonchev–Trinajstić information content (AvgIpc) is 3.42. The number of imide groups is 1. The highest BCUT2D eigenvalue weighted by atomic mass is 32.2. The van der Waals surface area contributed by atoms with Gasteiger partial charge in [0.2, 0.25) is 5.91 Å². The summed E-state index contributed by atoms with van der Waals surface area (Å²) < 4.78 is 7.97. The van der Waals surface area contributed by atoms with Crippen LogP contribution in [0.3, 0.4) is 0 Å². The van der Waals surface area contributed by atoms with Crippen molar-refractivity contribution in [1.82, 2.24) is 19.9 Å². The highest BCUT2D eigenvalue weighted by molar-refractivity contribution is 8.14. The molecule has 0 radical (unpaired) electrons. The molecule has 9 heteroatoms. The zero-order valence-electron chi connectivity index (χ0n) is 20.1. The molecule has 0 spiro atoms. The van der Waals surface area contributed by atoms with Crippen molar-refractivity contribution in [3.63, 3.8) is 0 Å². The lowest BCUT2D eigenvalue weighted by atomic mass is 10.2. The maximum atomic E-state index is 10.1. The lowest BCUT2D eigenvalue weighted by Gasteiger charge is -2.07. The van der Waals surface area contributed by atoms with E-state index >= 15 is 0 Å². The summed E-state index contributed by atoms with van der Waals surface area (Å²) in [7, 11) is 2.03. The Morgan fingerprint density at radius 2 is 1.86 bits per heavy atom. The van der Waals surface area contributed by atoms with E-state index in [1.165, 1.54) is 5.56 Å². The Balaban J connectivity index is 0.000000324. The van der Waals surface area contributed by atoms with Gasteiger partial charge in [0.1, 0.15) is 23.2 Å². The maximum absolute atomic E-state index is 10.1. The number of pyridine rings is 1. The first-order valence-electron chi connectivity index (χ1n) is 11.2. The third-order valence-corrected chi connectivity index (χ3v) is 6.48. The standard InChI is InChI=1S/C21H19N3OS.C3H3NO2S.C2H6/c1-15-6-8-16(9-7-15)25-14-20-23-18-11-10-17(13-19(18)24(20)2)26-21-5-3-4-12-22-21;5-2-1-7-3(6)4-2;1-2/h3-13H,14H2,1-2H3;1H2,(H,4,5,6);1-2H3. The summed E-state index contributed by atoms with van der Waals surface area (Å²) in [5.41, 5.74) is 3.28. The Labute approximate surface area is 213 Å². The molecule has 1 fully saturated rings. The number of hydrogen-bond donors (Lipinski definition) is 1. The highest BCUT2D eigenvalue weighted by Crippen LogP contribution is 2.29. The second-order valence-electron chi connectivity index (χ2n) is 7.23. The molecule has 0 bridgehead atoms. The van der Waals surface area contributed by atoms with Crippen LogP contribution in [-0.4, -0.2) is 31.4 Å². The lowest BCUT2D eigenvalue weighted by molar-refractivity contribution is -0.117. The van der Waals surface area contributed by atoms with Crippen molar-refractivity contribution in [2.75, 3.05) is 5.75 Å². The number of thioether (sulfide) groups is 1. The summed E-state index contributed by atoms with van der Waals surface area (Å²) in [5, 5.41) is 2.85. The SMILES string of the molecule is CC.Cc1ccc(OCc2nc3ccc(Sc4ccccn4)cc3n2C)cc1.O=C1CSC(=O)N1. The van der Waals surface area contributed by atoms with Gasteiger partial charge in [-0.3, -0.25) is 14.9 Å². The van der Waals surface area contributed by atoms with Crippen molar-refractivity contribution in [1.29, 1.82) is 0 Å². The third kappa shape index (κ3) is 7.60. The number of imidazole rings is 1. The quantitative estimate of drug-likeness (QED) is 0.354. The van der Waals surface area contributed by atoms with E-state index in [0.717, 1.165) is 44.3 Å². The summed E-state index contributed by atoms with van der Waals surface area (Å²) in [4.78, 5) is 30.4. The van der Waals surface area contributed by atoms with Gasteiger partial charge in [-0.15, -0.1) is 0 Å². The van der Waals surface area contributed by atoms with E-state index in [4.69, 9.17) is 9.72 Å². The molecule has 5 rings (SSSR count). The molecule has 35 heavy (non-hydrogen) atoms. The Hall–Kier alpha value is -3.30. The number of benzene rings is 2. The summed E-state index contributed by atoms with van der Waals surface area (Å²) in [5.74, 6) is 1.86. The Bertz CT molecular complexity index is 1260. The van der Waals surface area contributed by atoms with Gasteiger partial charge in [-0.05, 0) is 49.4 Å². The largest absolute Gasteiger partial charge is 0.486 e. The Kier molecular flexibility index (Phi) is 9.75. The fraction of sp³-hybridized carbons (Fsp3) is 0.231. The second-order valence-corrected chi connectivity index (χ2v) is 9.28. The van der Waals surface area contributed by atoms with E-state index in [-0.39, 0.29) is 11.1 Å². The van der Waals surface area contributed by atoms with Gasteiger partial charge in [-0.2, -0.15) is 0 Å². The molecule has 2 aromatic heterocycles. The van der Waals surface area contributed by atoms with Crippen LogP contribution in [0.15, 0.2) is 76.8 Å². The molecule has 2 aromatic carbocycles. The fourth-order valence-corrected chi connectivity index (χ4v) is 4.37. The first-order valence-corrected chi connectivity index (χ1v) is 13.0. The van der Waals surface area contributed by atoms with Gasteiger partial charge >= 0.3 is 0 Å². The normalized spacial score (nSPS) is 12.3. The van der Waals surface area contributed by atoms with E-state index in [2.05, 4.69) is 40.0 Å². The number of amides is 2. The van der Waals surface area contributed by atoms with Gasteiger partial charge in [-0.1, -0.05) is 61.1 Å². The second kappa shape index (κ2) is 13.0. The van der Waals surface area contributed by atoms with Crippen LogP contribution in [0.1, 0.15) is 25.2 Å². The molecular formula is C26H28N4O3S2. The van der Waals surface area contributed by atoms with E-state index in [1.807, 2.05) is 69.6 Å². The van der Waals surface area contributed by atoms with Gasteiger partial charge in [0.25, 0.3) is 5.24 Å². The van der Waals surface area contributed by atoms with Crippen LogP contribution < -0.4 is 10.1 Å². The summed E-state index contributed by atoms with van der Waals surface area (Å²) in [6, 6.07) is 20.3. The molecule has 182 valence electrons. The Morgan fingerprint density at radius 3 is 2.46 bits per heavy atom. The number of aromatic nitrogens is 3. The van der Waals surface area contributed by atoms with Gasteiger partial charge in [0.05, 0.1) is 16.8 Å². The smallest absolute Gasteiger partial charge is 0.286 e. The first-order chi connectivity index (χ1) is 17.0. The molecule has 0 unspecified atom stereocenters. The molecule has 0 saturated carbocycles. The van der Waals surface area contributed by atoms with Crippen LogP contribution in [0.4, 0.5) is 4.79 Å². The van der Waals surface area contributed by atoms with Crippen LogP contribution in [0.2, 0.25) is 0 Å². The summed E-state index contributed by atoms with van der Waals surface area (Å²) in [6.45, 7) is 6.51. The monoisotopic (exact) mass is 508 g/mol. The predicted molar refractivity (Wildman–Crippen MR) is 142 cm³/mol. The summed E-state index contributed by atoms with van der Waals surface area (Å²) >= 11 is 2.65. The zero-order valence-corrected chi connectivity index (χ0v) is 21.8. The predicted octanol–water partition coefficient (Wildman–Crippen LogP) is 6.00. The van der Waals surface area contributed by atoms with Crippen molar-refractivity contribution in [3.8, 4) is 5.75 Å². The molecule has 1 aliphatic heterocycles. The fourth-order valence-electron chi connectivity index (χ4n) is 3.04. The molecule has 0 aliphatic carbocycles. The number of nitrogens with one attached hydrogen (secondary N) is 1. The van der Waals surface area contributed by atoms with E-state index < -0.39 is 0 Å². The highest BCUT2D eigenvalue weighted by Gasteiger charge is 2.16. The van der Waals surface area contributed by atoms with Crippen molar-refractivity contribution < 1.29 is 14.3 Å². The number of hydrogen-bond acceptors (Lipinski definition) is 7. The van der Waals surface area contributed by atoms with Crippen LogP contribution in [0.5, 0.6) is 5.75 Å². The third-order valence-electron chi connectivity index (χ3n) is 4.77. The first kappa shape index (κ1) is 26.3. The molecule has 1 saturated heterocycles. The van der Waals surface area contributed by atoms with Crippen molar-refractivity contribution >= 4 is 45.7 Å². The molecule has 2 amide bonds. The average molecular weight is 509 g/mol. The van der Waals surface area contributed by atoms with Crippen molar-refractivity contribution in [2.45, 2.75) is 37.3 Å². The van der Waals surface area contributed by atoms with Gasteiger partial charge < -0.3 is 9.30 Å². The molecule has 1 N–H and O–H groups in total. The number of carbonyl (C=O) groups is 2. The molecule has 0 atom stereocenters. The maximum Gasteiger partial charge on any atom is 0.286 e. The van der Waals surface area contributed by atoms with Gasteiger partial charge in [-0.25, -0.2) is 9.97 Å². The minimum absolute atomic E-state index is 0.185. The number of aryl methyl sites for hydroxylation is 2. The van der Waals surface area contributed by atoms with Crippen LogP contribution in [-0.2, 0) is 18.4 Å². The van der Waals surface area contributed by atoms with E-state index in [9.17, 15) is 9.59 Å². The zero-order chi connectivity index (χ0) is 25.2. The number of carbonyl (C=O) groups excluding carboxylic acids is 2. The lowest BCUT2D eigenvalue weighted by Crippen LogP contribution is -2.18.